The second kappa shape index (κ2) is 8.38. The molecule has 0 aliphatic heterocycles. The fraction of sp³-hybridized carbons (Fsp3) is 0.476. The van der Waals surface area contributed by atoms with Gasteiger partial charge in [-0.15, -0.1) is 10.2 Å². The maximum Gasteiger partial charge on any atom is 0.243 e. The predicted octanol–water partition coefficient (Wildman–Crippen LogP) is 3.02. The molecule has 0 unspecified atom stereocenters. The fourth-order valence-electron chi connectivity index (χ4n) is 4.31. The van der Waals surface area contributed by atoms with E-state index in [0.29, 0.717) is 18.4 Å². The Hall–Kier alpha value is -3.48. The summed E-state index contributed by atoms with van der Waals surface area (Å²) in [5, 5.41) is 25.5. The molecule has 1 aliphatic rings. The highest BCUT2D eigenvalue weighted by Crippen LogP contribution is 2.33. The number of nitrogens with one attached hydrogen (secondary N) is 1. The van der Waals surface area contributed by atoms with E-state index in [1.54, 1.807) is 12.1 Å². The summed E-state index contributed by atoms with van der Waals surface area (Å²) in [6.45, 7) is 1.75. The normalized spacial score (nSPS) is 21.1. The number of aryl methyl sites for hydroxylation is 1. The van der Waals surface area contributed by atoms with Crippen LogP contribution in [0.4, 0.5) is 24.9 Å². The molecule has 4 N–H and O–H groups in total. The number of halogens is 3. The molecule has 0 spiro atoms. The number of alkyl halides is 2. The highest BCUT2D eigenvalue weighted by Gasteiger charge is 2.29. The number of aliphatic hydroxyl groups is 1. The summed E-state index contributed by atoms with van der Waals surface area (Å²) in [4.78, 5) is 8.74. The molecular weight excluding hydrogens is 451 g/mol. The SMILES string of the molecule is CC1(O)CCC(Nc2nc(N)c3c(-c4ccc5nnn(CCC(F)F)c5n4)c(F)cn3n2)CC1. The first-order valence-electron chi connectivity index (χ1n) is 11.0. The molecule has 34 heavy (non-hydrogen) atoms. The van der Waals surface area contributed by atoms with Crippen LogP contribution in [0.2, 0.25) is 0 Å². The van der Waals surface area contributed by atoms with Gasteiger partial charge >= 0.3 is 0 Å². The number of aromatic nitrogens is 7. The van der Waals surface area contributed by atoms with E-state index in [-0.39, 0.29) is 46.8 Å². The Morgan fingerprint density at radius 3 is 2.76 bits per heavy atom. The Bertz CT molecular complexity index is 1340. The van der Waals surface area contributed by atoms with Crippen molar-refractivity contribution in [1.29, 1.82) is 0 Å². The largest absolute Gasteiger partial charge is 0.390 e. The van der Waals surface area contributed by atoms with Crippen LogP contribution in [0.15, 0.2) is 18.3 Å². The van der Waals surface area contributed by atoms with Crippen LogP contribution in [-0.2, 0) is 6.54 Å². The highest BCUT2D eigenvalue weighted by molar-refractivity contribution is 5.88. The monoisotopic (exact) mass is 475 g/mol. The second-order valence-electron chi connectivity index (χ2n) is 8.91. The van der Waals surface area contributed by atoms with Gasteiger partial charge in [0, 0.05) is 12.5 Å². The Kier molecular flexibility index (Phi) is 5.50. The first kappa shape index (κ1) is 22.3. The van der Waals surface area contributed by atoms with Gasteiger partial charge in [0.15, 0.2) is 17.3 Å². The molecule has 1 fully saturated rings. The van der Waals surface area contributed by atoms with Crippen LogP contribution < -0.4 is 11.1 Å². The third kappa shape index (κ3) is 4.22. The number of hydrogen-bond acceptors (Lipinski definition) is 8. The van der Waals surface area contributed by atoms with Gasteiger partial charge in [-0.2, -0.15) is 4.98 Å². The maximum atomic E-state index is 15.1. The first-order chi connectivity index (χ1) is 16.2. The third-order valence-corrected chi connectivity index (χ3v) is 6.18. The molecule has 0 aromatic carbocycles. The summed E-state index contributed by atoms with van der Waals surface area (Å²) in [5.74, 6) is -0.286. The summed E-state index contributed by atoms with van der Waals surface area (Å²) in [6.07, 6.45) is 1.11. The van der Waals surface area contributed by atoms with E-state index in [4.69, 9.17) is 5.73 Å². The van der Waals surface area contributed by atoms with E-state index in [9.17, 15) is 13.9 Å². The van der Waals surface area contributed by atoms with Gasteiger partial charge in [-0.3, -0.25) is 0 Å². The Morgan fingerprint density at radius 2 is 2.03 bits per heavy atom. The van der Waals surface area contributed by atoms with Gasteiger partial charge in [0.1, 0.15) is 11.0 Å². The van der Waals surface area contributed by atoms with Crippen LogP contribution >= 0.6 is 0 Å². The van der Waals surface area contributed by atoms with Crippen LogP contribution in [-0.4, -0.2) is 57.8 Å². The van der Waals surface area contributed by atoms with Crippen molar-refractivity contribution < 1.29 is 18.3 Å². The number of pyridine rings is 1. The smallest absolute Gasteiger partial charge is 0.243 e. The van der Waals surface area contributed by atoms with Crippen molar-refractivity contribution in [3.63, 3.8) is 0 Å². The predicted molar refractivity (Wildman–Crippen MR) is 119 cm³/mol. The van der Waals surface area contributed by atoms with E-state index in [2.05, 4.69) is 30.7 Å². The molecular formula is C21H24F3N9O. The lowest BCUT2D eigenvalue weighted by molar-refractivity contribution is 0.0195. The molecule has 1 aliphatic carbocycles. The van der Waals surface area contributed by atoms with Crippen LogP contribution in [0.5, 0.6) is 0 Å². The average Bonchev–Trinajstić information content (AvgIpc) is 3.33. The van der Waals surface area contributed by atoms with Gasteiger partial charge in [-0.25, -0.2) is 27.4 Å². The number of rotatable bonds is 6. The van der Waals surface area contributed by atoms with E-state index in [1.807, 2.05) is 6.92 Å². The number of anilines is 2. The minimum Gasteiger partial charge on any atom is -0.390 e. The molecule has 0 saturated heterocycles. The standard InChI is InChI=1S/C21H24F3N9O/c1-21(34)7-4-11(5-8-21)26-20-28-18(25)17-16(12(22)10-33(17)30-20)13-2-3-14-19(27-13)32(31-29-14)9-6-15(23)24/h2-3,10-11,15,34H,4-9H2,1H3,(H3,25,26,28,30). The summed E-state index contributed by atoms with van der Waals surface area (Å²) in [7, 11) is 0. The van der Waals surface area contributed by atoms with Gasteiger partial charge in [0.05, 0.1) is 29.6 Å². The summed E-state index contributed by atoms with van der Waals surface area (Å²) >= 11 is 0. The molecule has 0 radical (unpaired) electrons. The molecule has 13 heteroatoms. The van der Waals surface area contributed by atoms with Crippen molar-refractivity contribution in [3.8, 4) is 11.3 Å². The summed E-state index contributed by atoms with van der Waals surface area (Å²) in [6, 6.07) is 3.23. The zero-order valence-corrected chi connectivity index (χ0v) is 18.4. The number of hydrogen-bond donors (Lipinski definition) is 3. The van der Waals surface area contributed by atoms with Crippen molar-refractivity contribution in [3.05, 3.63) is 24.1 Å². The lowest BCUT2D eigenvalue weighted by Gasteiger charge is -2.33. The van der Waals surface area contributed by atoms with Gasteiger partial charge in [0.25, 0.3) is 0 Å². The van der Waals surface area contributed by atoms with E-state index in [1.165, 1.54) is 15.4 Å². The minimum atomic E-state index is -2.49. The average molecular weight is 475 g/mol. The molecule has 4 aromatic heterocycles. The van der Waals surface area contributed by atoms with Gasteiger partial charge in [-0.1, -0.05) is 5.21 Å². The van der Waals surface area contributed by atoms with Crippen molar-refractivity contribution in [1.82, 2.24) is 34.6 Å². The Morgan fingerprint density at radius 1 is 1.26 bits per heavy atom. The zero-order valence-electron chi connectivity index (χ0n) is 18.4. The molecule has 4 aromatic rings. The topological polar surface area (TPSA) is 132 Å². The number of nitrogen functional groups attached to an aromatic ring is 1. The quantitative estimate of drug-likeness (QED) is 0.388. The molecule has 0 atom stereocenters. The van der Waals surface area contributed by atoms with Gasteiger partial charge in [0.2, 0.25) is 12.4 Å². The van der Waals surface area contributed by atoms with E-state index in [0.717, 1.165) is 12.8 Å². The molecule has 1 saturated carbocycles. The first-order valence-corrected chi connectivity index (χ1v) is 11.0. The minimum absolute atomic E-state index is 0.0606. The maximum absolute atomic E-state index is 15.1. The van der Waals surface area contributed by atoms with Gasteiger partial charge < -0.3 is 16.2 Å². The van der Waals surface area contributed by atoms with Crippen LogP contribution in [0.1, 0.15) is 39.0 Å². The van der Waals surface area contributed by atoms with Crippen LogP contribution in [0.25, 0.3) is 27.9 Å². The van der Waals surface area contributed by atoms with E-state index >= 15 is 4.39 Å². The van der Waals surface area contributed by atoms with E-state index < -0.39 is 24.3 Å². The molecule has 10 nitrogen and oxygen atoms in total. The summed E-state index contributed by atoms with van der Waals surface area (Å²) < 4.78 is 42.9. The molecule has 4 heterocycles. The Labute approximate surface area is 192 Å². The van der Waals surface area contributed by atoms with Crippen molar-refractivity contribution >= 4 is 28.4 Å². The zero-order chi connectivity index (χ0) is 24.0. The van der Waals surface area contributed by atoms with Crippen molar-refractivity contribution in [2.75, 3.05) is 11.1 Å². The lowest BCUT2D eigenvalue weighted by Crippen LogP contribution is -2.36. The number of nitrogens with two attached hydrogens (primary N) is 1. The highest BCUT2D eigenvalue weighted by atomic mass is 19.3. The van der Waals surface area contributed by atoms with Crippen LogP contribution in [0.3, 0.4) is 0 Å². The Balaban J connectivity index is 1.48. The molecule has 180 valence electrons. The number of nitrogens with zero attached hydrogens (tertiary/aromatic N) is 7. The summed E-state index contributed by atoms with van der Waals surface area (Å²) in [5.41, 5.74) is 6.78. The fourth-order valence-corrected chi connectivity index (χ4v) is 4.31. The van der Waals surface area contributed by atoms with Crippen LogP contribution in [0, 0.1) is 5.82 Å². The van der Waals surface area contributed by atoms with Gasteiger partial charge in [-0.05, 0) is 44.7 Å². The molecule has 0 bridgehead atoms. The number of fused-ring (bicyclic) bond motifs is 2. The lowest BCUT2D eigenvalue weighted by atomic mass is 9.84. The van der Waals surface area contributed by atoms with Crippen molar-refractivity contribution in [2.24, 2.45) is 0 Å². The van der Waals surface area contributed by atoms with Crippen molar-refractivity contribution in [2.45, 2.75) is 63.6 Å². The molecule has 5 rings (SSSR count). The second-order valence-corrected chi connectivity index (χ2v) is 8.91. The third-order valence-electron chi connectivity index (χ3n) is 6.18. The molecule has 0 amide bonds.